The molecule has 0 radical (unpaired) electrons. The molecular formula is C14H25N3. The number of nitrogens with one attached hydrogen (secondary N) is 1. The molecule has 0 saturated heterocycles. The van der Waals surface area contributed by atoms with E-state index in [1.807, 2.05) is 12.1 Å². The van der Waals surface area contributed by atoms with Gasteiger partial charge in [0.15, 0.2) is 0 Å². The zero-order chi connectivity index (χ0) is 12.5. The largest absolute Gasteiger partial charge is 0.397 e. The number of nitrogens with two attached hydrogens (primary N) is 1. The molecule has 0 aliphatic heterocycles. The second-order valence-corrected chi connectivity index (χ2v) is 4.59. The van der Waals surface area contributed by atoms with Crippen LogP contribution in [0.3, 0.4) is 0 Å². The fourth-order valence-electron chi connectivity index (χ4n) is 1.94. The van der Waals surface area contributed by atoms with Crippen molar-refractivity contribution in [3.05, 3.63) is 24.0 Å². The third-order valence-corrected chi connectivity index (χ3v) is 3.19. The highest BCUT2D eigenvalue weighted by Crippen LogP contribution is 2.12. The average molecular weight is 235 g/mol. The fourth-order valence-corrected chi connectivity index (χ4v) is 1.94. The molecule has 1 unspecified atom stereocenters. The maximum Gasteiger partial charge on any atom is 0.0770 e. The molecule has 0 aliphatic rings. The van der Waals surface area contributed by atoms with E-state index in [0.717, 1.165) is 30.4 Å². The summed E-state index contributed by atoms with van der Waals surface area (Å²) in [7, 11) is 0. The molecule has 1 aromatic rings. The summed E-state index contributed by atoms with van der Waals surface area (Å²) in [6.07, 6.45) is 6.96. The molecular weight excluding hydrogens is 210 g/mol. The van der Waals surface area contributed by atoms with E-state index in [2.05, 4.69) is 24.1 Å². The van der Waals surface area contributed by atoms with Gasteiger partial charge in [0.25, 0.3) is 0 Å². The summed E-state index contributed by atoms with van der Waals surface area (Å²) in [5.74, 6) is 0.778. The van der Waals surface area contributed by atoms with Crippen molar-refractivity contribution in [3.8, 4) is 0 Å². The lowest BCUT2D eigenvalue weighted by molar-refractivity contribution is 0.418. The van der Waals surface area contributed by atoms with Crippen molar-refractivity contribution >= 4 is 5.69 Å². The highest BCUT2D eigenvalue weighted by molar-refractivity contribution is 5.41. The minimum atomic E-state index is 0.773. The second kappa shape index (κ2) is 8.07. The van der Waals surface area contributed by atoms with Gasteiger partial charge in [-0.25, -0.2) is 0 Å². The van der Waals surface area contributed by atoms with Crippen molar-refractivity contribution < 1.29 is 0 Å². The molecule has 1 rings (SSSR count). The SMILES string of the molecule is CCCCC(CC)CNCc1ncccc1N. The molecule has 3 nitrogen and oxygen atoms in total. The molecule has 3 N–H and O–H groups in total. The van der Waals surface area contributed by atoms with E-state index in [1.54, 1.807) is 6.20 Å². The van der Waals surface area contributed by atoms with Crippen molar-refractivity contribution in [2.75, 3.05) is 12.3 Å². The number of pyridine rings is 1. The molecule has 96 valence electrons. The first-order valence-corrected chi connectivity index (χ1v) is 6.68. The van der Waals surface area contributed by atoms with E-state index < -0.39 is 0 Å². The molecule has 0 bridgehead atoms. The Kier molecular flexibility index (Phi) is 6.63. The molecule has 3 heteroatoms. The molecule has 17 heavy (non-hydrogen) atoms. The number of nitrogen functional groups attached to an aromatic ring is 1. The molecule has 0 aliphatic carbocycles. The molecule has 1 heterocycles. The van der Waals surface area contributed by atoms with Crippen LogP contribution in [0.15, 0.2) is 18.3 Å². The van der Waals surface area contributed by atoms with Crippen LogP contribution in [-0.4, -0.2) is 11.5 Å². The van der Waals surface area contributed by atoms with Crippen molar-refractivity contribution in [1.29, 1.82) is 0 Å². The van der Waals surface area contributed by atoms with Gasteiger partial charge >= 0.3 is 0 Å². The van der Waals surface area contributed by atoms with Crippen LogP contribution < -0.4 is 11.1 Å². The maximum absolute atomic E-state index is 5.85. The van der Waals surface area contributed by atoms with Gasteiger partial charge in [0.05, 0.1) is 11.4 Å². The molecule has 1 aromatic heterocycles. The smallest absolute Gasteiger partial charge is 0.0770 e. The van der Waals surface area contributed by atoms with Gasteiger partial charge in [-0.15, -0.1) is 0 Å². The van der Waals surface area contributed by atoms with E-state index in [9.17, 15) is 0 Å². The third kappa shape index (κ3) is 5.18. The number of hydrogen-bond donors (Lipinski definition) is 2. The second-order valence-electron chi connectivity index (χ2n) is 4.59. The van der Waals surface area contributed by atoms with Crippen molar-refractivity contribution in [3.63, 3.8) is 0 Å². The predicted octanol–water partition coefficient (Wildman–Crippen LogP) is 2.97. The molecule has 0 fully saturated rings. The zero-order valence-electron chi connectivity index (χ0n) is 11.1. The first kappa shape index (κ1) is 14.0. The summed E-state index contributed by atoms with van der Waals surface area (Å²) in [6.45, 7) is 6.34. The standard InChI is InChI=1S/C14H25N3/c1-3-5-7-12(4-2)10-16-11-14-13(15)8-6-9-17-14/h6,8-9,12,16H,3-5,7,10-11,15H2,1-2H3. The number of rotatable bonds is 8. The first-order chi connectivity index (χ1) is 8.27. The summed E-state index contributed by atoms with van der Waals surface area (Å²) in [4.78, 5) is 4.28. The van der Waals surface area contributed by atoms with Crippen molar-refractivity contribution in [2.45, 2.75) is 46.1 Å². The van der Waals surface area contributed by atoms with Gasteiger partial charge in [0, 0.05) is 12.7 Å². The summed E-state index contributed by atoms with van der Waals surface area (Å²) < 4.78 is 0. The predicted molar refractivity (Wildman–Crippen MR) is 73.7 cm³/mol. The lowest BCUT2D eigenvalue weighted by Gasteiger charge is -2.15. The Morgan fingerprint density at radius 1 is 1.41 bits per heavy atom. The maximum atomic E-state index is 5.85. The quantitative estimate of drug-likeness (QED) is 0.728. The van der Waals surface area contributed by atoms with Crippen LogP contribution >= 0.6 is 0 Å². The van der Waals surface area contributed by atoms with E-state index in [0.29, 0.717) is 0 Å². The number of unbranched alkanes of at least 4 members (excludes halogenated alkanes) is 1. The molecule has 1 atom stereocenters. The summed E-state index contributed by atoms with van der Waals surface area (Å²) in [6, 6.07) is 3.77. The van der Waals surface area contributed by atoms with E-state index in [-0.39, 0.29) is 0 Å². The molecule has 0 saturated carbocycles. The van der Waals surface area contributed by atoms with E-state index in [1.165, 1.54) is 25.7 Å². The highest BCUT2D eigenvalue weighted by atomic mass is 14.9. The van der Waals surface area contributed by atoms with Crippen LogP contribution in [0.4, 0.5) is 5.69 Å². The Bertz CT molecular complexity index is 312. The number of hydrogen-bond acceptors (Lipinski definition) is 3. The lowest BCUT2D eigenvalue weighted by Crippen LogP contribution is -2.23. The van der Waals surface area contributed by atoms with Gasteiger partial charge < -0.3 is 11.1 Å². The first-order valence-electron chi connectivity index (χ1n) is 6.68. The van der Waals surface area contributed by atoms with Crippen LogP contribution in [-0.2, 0) is 6.54 Å². The minimum absolute atomic E-state index is 0.773. The van der Waals surface area contributed by atoms with Gasteiger partial charge in [-0.3, -0.25) is 4.98 Å². The van der Waals surface area contributed by atoms with Gasteiger partial charge in [0.1, 0.15) is 0 Å². The minimum Gasteiger partial charge on any atom is -0.397 e. The van der Waals surface area contributed by atoms with Crippen LogP contribution in [0.5, 0.6) is 0 Å². The number of anilines is 1. The lowest BCUT2D eigenvalue weighted by atomic mass is 9.99. The number of nitrogens with zero attached hydrogens (tertiary/aromatic N) is 1. The van der Waals surface area contributed by atoms with E-state index >= 15 is 0 Å². The molecule has 0 amide bonds. The van der Waals surface area contributed by atoms with Crippen LogP contribution in [0, 0.1) is 5.92 Å². The third-order valence-electron chi connectivity index (χ3n) is 3.19. The Morgan fingerprint density at radius 2 is 2.24 bits per heavy atom. The average Bonchev–Trinajstić information content (AvgIpc) is 2.35. The molecule has 0 spiro atoms. The topological polar surface area (TPSA) is 50.9 Å². The summed E-state index contributed by atoms with van der Waals surface area (Å²) >= 11 is 0. The monoisotopic (exact) mass is 235 g/mol. The number of aromatic nitrogens is 1. The Hall–Kier alpha value is -1.09. The zero-order valence-corrected chi connectivity index (χ0v) is 11.1. The van der Waals surface area contributed by atoms with Gasteiger partial charge in [-0.05, 0) is 31.0 Å². The molecule has 0 aromatic carbocycles. The van der Waals surface area contributed by atoms with Crippen LogP contribution in [0.25, 0.3) is 0 Å². The Balaban J connectivity index is 2.28. The Morgan fingerprint density at radius 3 is 2.88 bits per heavy atom. The van der Waals surface area contributed by atoms with Crippen LogP contribution in [0.2, 0.25) is 0 Å². The normalized spacial score (nSPS) is 12.6. The van der Waals surface area contributed by atoms with Gasteiger partial charge in [-0.1, -0.05) is 33.1 Å². The van der Waals surface area contributed by atoms with Crippen molar-refractivity contribution in [1.82, 2.24) is 10.3 Å². The van der Waals surface area contributed by atoms with Crippen LogP contribution in [0.1, 0.15) is 45.2 Å². The Labute approximate surface area is 105 Å². The summed E-state index contributed by atoms with van der Waals surface area (Å²) in [5.41, 5.74) is 7.58. The highest BCUT2D eigenvalue weighted by Gasteiger charge is 2.06. The summed E-state index contributed by atoms with van der Waals surface area (Å²) in [5, 5.41) is 3.46. The van der Waals surface area contributed by atoms with E-state index in [4.69, 9.17) is 5.73 Å². The van der Waals surface area contributed by atoms with Gasteiger partial charge in [0.2, 0.25) is 0 Å². The van der Waals surface area contributed by atoms with Crippen molar-refractivity contribution in [2.24, 2.45) is 5.92 Å². The fraction of sp³-hybridized carbons (Fsp3) is 0.643. The van der Waals surface area contributed by atoms with Gasteiger partial charge in [-0.2, -0.15) is 0 Å².